The Bertz CT molecular complexity index is 833. The van der Waals surface area contributed by atoms with Crippen LogP contribution in [0.1, 0.15) is 53.0 Å². The largest absolute Gasteiger partial charge is 1.00 e. The molecule has 0 saturated heterocycles. The number of nitrogens with one attached hydrogen (secondary N) is 2. The molecule has 7 heteroatoms. The van der Waals surface area contributed by atoms with Crippen molar-refractivity contribution in [1.82, 2.24) is 8.78 Å². The summed E-state index contributed by atoms with van der Waals surface area (Å²) in [4.78, 5) is 16.2. The smallest absolute Gasteiger partial charge is 0.0149 e. The van der Waals surface area contributed by atoms with E-state index in [0.29, 0.717) is 10.1 Å². The molecule has 2 aliphatic carbocycles. The van der Waals surface area contributed by atoms with Crippen molar-refractivity contribution in [3.05, 3.63) is 59.4 Å². The number of aromatic amines is 1. The molecule has 1 unspecified atom stereocenters. The second-order valence-corrected chi connectivity index (χ2v) is 15.0. The van der Waals surface area contributed by atoms with Crippen LogP contribution in [0, 0.1) is 5.92 Å². The van der Waals surface area contributed by atoms with E-state index in [0.717, 1.165) is 12.8 Å². The average molecular weight is 487 g/mol. The van der Waals surface area contributed by atoms with Gasteiger partial charge in [0.1, 0.15) is 0 Å². The maximum absolute atomic E-state index is 13.0. The summed E-state index contributed by atoms with van der Waals surface area (Å²) in [7, 11) is 0. The number of benzene rings is 1. The molecule has 3 nitrogen and oxygen atoms in total. The molecule has 0 aliphatic heterocycles. The number of H-pyrrole nitrogens is 1. The van der Waals surface area contributed by atoms with Crippen LogP contribution in [0.5, 0.6) is 0 Å². The first-order valence-electron chi connectivity index (χ1n) is 9.82. The van der Waals surface area contributed by atoms with Gasteiger partial charge in [0.25, 0.3) is 0 Å². The van der Waals surface area contributed by atoms with Crippen LogP contribution in [0.2, 0.25) is 10.5 Å². The van der Waals surface area contributed by atoms with E-state index < -0.39 is 16.8 Å². The van der Waals surface area contributed by atoms with Gasteiger partial charge in [0.05, 0.1) is 0 Å². The van der Waals surface area contributed by atoms with Gasteiger partial charge in [-0.25, -0.2) is 0 Å². The Morgan fingerprint density at radius 1 is 1.07 bits per heavy atom. The maximum atomic E-state index is 13.0. The Balaban J connectivity index is 0.00000140. The minimum atomic E-state index is -2.67. The summed E-state index contributed by atoms with van der Waals surface area (Å²) in [5.74, 6) is 0.539. The molecule has 0 bridgehead atoms. The van der Waals surface area contributed by atoms with Gasteiger partial charge >= 0.3 is 160 Å². The Hall–Kier alpha value is -0.779. The second kappa shape index (κ2) is 11.0. The number of fused-ring (bicyclic) bond motifs is 1. The second-order valence-electron chi connectivity index (χ2n) is 8.31. The SMILES string of the molecule is [CH3][Ti+2]([CH3])([NH]C(=O)C1CCCCC1)[CH]1C(c2cc[nH]c2)=Cc2ccccc21.[Cl-].[Cl-].[SiH4]. The molecule has 158 valence electrons. The first kappa shape index (κ1) is 26.3. The van der Waals surface area contributed by atoms with Gasteiger partial charge in [-0.2, -0.15) is 0 Å². The Labute approximate surface area is 195 Å². The van der Waals surface area contributed by atoms with E-state index in [2.05, 4.69) is 61.8 Å². The molecule has 1 fully saturated rings. The molecule has 1 aromatic heterocycles. The summed E-state index contributed by atoms with van der Waals surface area (Å²) in [6.45, 7) is 0. The van der Waals surface area contributed by atoms with Crippen molar-refractivity contribution in [3.8, 4) is 0 Å². The van der Waals surface area contributed by atoms with E-state index in [9.17, 15) is 4.79 Å². The van der Waals surface area contributed by atoms with E-state index in [1.807, 2.05) is 6.20 Å². The number of rotatable bonds is 4. The van der Waals surface area contributed by atoms with Gasteiger partial charge < -0.3 is 24.8 Å². The Morgan fingerprint density at radius 2 is 1.76 bits per heavy atom. The molecule has 4 rings (SSSR count). The predicted molar refractivity (Wildman–Crippen MR) is 116 cm³/mol. The monoisotopic (exact) mass is 486 g/mol. The van der Waals surface area contributed by atoms with Crippen molar-refractivity contribution in [1.29, 1.82) is 0 Å². The summed E-state index contributed by atoms with van der Waals surface area (Å²) >= 11 is -2.67. The molecule has 1 saturated carbocycles. The fourth-order valence-electron chi connectivity index (χ4n) is 4.71. The van der Waals surface area contributed by atoms with E-state index in [1.165, 1.54) is 41.5 Å². The van der Waals surface area contributed by atoms with Crippen molar-refractivity contribution in [2.24, 2.45) is 5.92 Å². The summed E-state index contributed by atoms with van der Waals surface area (Å²) in [5, 5.41) is 4.71. The number of aromatic nitrogens is 1. The van der Waals surface area contributed by atoms with Gasteiger partial charge in [0, 0.05) is 0 Å². The van der Waals surface area contributed by atoms with E-state index in [4.69, 9.17) is 0 Å². The molecule has 1 aromatic carbocycles. The van der Waals surface area contributed by atoms with Crippen LogP contribution >= 0.6 is 0 Å². The fraction of sp³-hybridized carbons (Fsp3) is 0.409. The standard InChI is InChI=1S/C13H10N.C7H13NO.2CH3.2ClH.H4Si.Ti/c1-2-4-11-8-13(7-10(11)3-1)12-5-6-14-9-12;8-7(9)6-4-2-1-3-5-6;;;;;;/h1-9,14H;6H,1-5H2,(H2,8,9);2*1H3;2*1H;1H4;/q;;;;;;;+3/p-3. The third-order valence-electron chi connectivity index (χ3n) is 6.00. The number of halogens is 2. The van der Waals surface area contributed by atoms with Crippen molar-refractivity contribution in [3.63, 3.8) is 0 Å². The molecule has 1 heterocycles. The molecule has 2 N–H and O–H groups in total. The Morgan fingerprint density at radius 3 is 2.41 bits per heavy atom. The minimum absolute atomic E-state index is 0. The van der Waals surface area contributed by atoms with Gasteiger partial charge in [-0.05, 0) is 11.0 Å². The summed E-state index contributed by atoms with van der Waals surface area (Å²) in [5.41, 5.74) is 5.30. The van der Waals surface area contributed by atoms with Gasteiger partial charge in [0.2, 0.25) is 0 Å². The van der Waals surface area contributed by atoms with Crippen LogP contribution in [0.15, 0.2) is 42.7 Å². The van der Waals surface area contributed by atoms with Crippen molar-refractivity contribution in [2.75, 3.05) is 0 Å². The van der Waals surface area contributed by atoms with Gasteiger partial charge in [-0.1, -0.05) is 0 Å². The minimum Gasteiger partial charge on any atom is -1.00 e. The summed E-state index contributed by atoms with van der Waals surface area (Å²) < 4.78 is 3.94. The van der Waals surface area contributed by atoms with Crippen LogP contribution in [0.3, 0.4) is 0 Å². The molecular formula is C22H32Cl2N2OSiTi. The summed E-state index contributed by atoms with van der Waals surface area (Å²) in [6, 6.07) is 10.8. The number of hydrogen-bond acceptors (Lipinski definition) is 1. The third kappa shape index (κ3) is 5.48. The normalized spacial score (nSPS) is 17.9. The molecular weight excluding hydrogens is 455 g/mol. The zero-order valence-electron chi connectivity index (χ0n) is 16.5. The first-order valence-corrected chi connectivity index (χ1v) is 14.6. The molecule has 2 aliphatic rings. The quantitative estimate of drug-likeness (QED) is 0.484. The van der Waals surface area contributed by atoms with Crippen LogP contribution in [0.4, 0.5) is 0 Å². The van der Waals surface area contributed by atoms with E-state index >= 15 is 0 Å². The van der Waals surface area contributed by atoms with E-state index in [1.54, 1.807) is 0 Å². The number of hydrogen-bond donors (Lipinski definition) is 2. The van der Waals surface area contributed by atoms with Gasteiger partial charge in [0.15, 0.2) is 0 Å². The number of carbonyl (C=O) groups excluding carboxylic acids is 1. The molecule has 0 radical (unpaired) electrons. The van der Waals surface area contributed by atoms with Crippen LogP contribution in [-0.2, 0) is 21.6 Å². The molecule has 2 aromatic rings. The van der Waals surface area contributed by atoms with E-state index in [-0.39, 0.29) is 41.7 Å². The Kier molecular flexibility index (Phi) is 9.97. The van der Waals surface area contributed by atoms with Crippen LogP contribution < -0.4 is 28.6 Å². The number of allylic oxidation sites excluding steroid dienone is 1. The van der Waals surface area contributed by atoms with Crippen molar-refractivity contribution < 1.29 is 46.5 Å². The average Bonchev–Trinajstić information content (AvgIpc) is 3.29. The predicted octanol–water partition coefficient (Wildman–Crippen LogP) is -1.97. The van der Waals surface area contributed by atoms with Crippen molar-refractivity contribution >= 4 is 28.5 Å². The first-order chi connectivity index (χ1) is 12.6. The van der Waals surface area contributed by atoms with Crippen LogP contribution in [-0.4, -0.2) is 21.9 Å². The van der Waals surface area contributed by atoms with Crippen molar-refractivity contribution in [2.45, 2.75) is 46.8 Å². The third-order valence-corrected chi connectivity index (χ3v) is 10.6. The summed E-state index contributed by atoms with van der Waals surface area (Å²) in [6.07, 6.45) is 12.2. The number of amides is 1. The van der Waals surface area contributed by atoms with Gasteiger partial charge in [-0.3, -0.25) is 0 Å². The van der Waals surface area contributed by atoms with Crippen LogP contribution in [0.25, 0.3) is 11.6 Å². The van der Waals surface area contributed by atoms with Gasteiger partial charge in [-0.15, -0.1) is 0 Å². The topological polar surface area (TPSA) is 44.9 Å². The molecule has 0 spiro atoms. The molecule has 1 amide bonds. The molecule has 1 atom stereocenters. The zero-order chi connectivity index (χ0) is 18.1. The maximum Gasteiger partial charge on any atom is -0.0149 e. The number of carbonyl (C=O) groups is 1. The zero-order valence-corrected chi connectivity index (χ0v) is 19.5. The fourth-order valence-corrected chi connectivity index (χ4v) is 9.48. The molecule has 29 heavy (non-hydrogen) atoms.